The zero-order chi connectivity index (χ0) is 15.1. The van der Waals surface area contributed by atoms with Crippen LogP contribution in [0.4, 0.5) is 0 Å². The molecule has 0 saturated carbocycles. The average Bonchev–Trinajstić information content (AvgIpc) is 2.79. The lowest BCUT2D eigenvalue weighted by atomic mass is 10.2. The summed E-state index contributed by atoms with van der Waals surface area (Å²) in [5.41, 5.74) is 1.09. The lowest BCUT2D eigenvalue weighted by Crippen LogP contribution is -2.27. The third-order valence-corrected chi connectivity index (χ3v) is 3.25. The Bertz CT molecular complexity index is 425. The van der Waals surface area contributed by atoms with Gasteiger partial charge in [0.2, 0.25) is 0 Å². The molecule has 0 spiro atoms. The van der Waals surface area contributed by atoms with E-state index in [-0.39, 0.29) is 5.97 Å². The number of ether oxygens (including phenoxy) is 1. The molecule has 0 aliphatic carbocycles. The van der Waals surface area contributed by atoms with Crippen LogP contribution in [-0.2, 0) is 11.3 Å². The Balaban J connectivity index is 2.62. The van der Waals surface area contributed by atoms with Gasteiger partial charge in [0, 0.05) is 6.54 Å². The summed E-state index contributed by atoms with van der Waals surface area (Å²) in [6.45, 7) is 14.2. The van der Waals surface area contributed by atoms with Gasteiger partial charge in [-0.05, 0) is 25.9 Å². The van der Waals surface area contributed by atoms with Gasteiger partial charge in [-0.2, -0.15) is 0 Å². The van der Waals surface area contributed by atoms with Gasteiger partial charge in [0.15, 0.2) is 5.69 Å². The molecule has 1 heterocycles. The molecule has 1 aromatic heterocycles. The van der Waals surface area contributed by atoms with Gasteiger partial charge < -0.3 is 9.64 Å². The van der Waals surface area contributed by atoms with Crippen molar-refractivity contribution >= 4 is 5.97 Å². The fourth-order valence-electron chi connectivity index (χ4n) is 1.85. The minimum atomic E-state index is -0.384. The third kappa shape index (κ3) is 4.59. The van der Waals surface area contributed by atoms with Gasteiger partial charge in [-0.3, -0.25) is 0 Å². The van der Waals surface area contributed by atoms with Crippen LogP contribution in [0.3, 0.4) is 0 Å². The van der Waals surface area contributed by atoms with Crippen molar-refractivity contribution in [1.82, 2.24) is 19.9 Å². The highest BCUT2D eigenvalue weighted by Crippen LogP contribution is 2.07. The minimum Gasteiger partial charge on any atom is -0.461 e. The monoisotopic (exact) mass is 282 g/mol. The largest absolute Gasteiger partial charge is 0.461 e. The predicted octanol–water partition coefficient (Wildman–Crippen LogP) is 1.74. The number of hydrogen-bond donors (Lipinski definition) is 0. The first-order chi connectivity index (χ1) is 9.49. The summed E-state index contributed by atoms with van der Waals surface area (Å²) >= 11 is 0. The smallest absolute Gasteiger partial charge is 0.360 e. The second kappa shape index (κ2) is 7.99. The summed E-state index contributed by atoms with van der Waals surface area (Å²) in [4.78, 5) is 14.2. The molecule has 6 heteroatoms. The van der Waals surface area contributed by atoms with E-state index in [4.69, 9.17) is 4.74 Å². The minimum absolute atomic E-state index is 0.317. The van der Waals surface area contributed by atoms with E-state index in [0.717, 1.165) is 31.9 Å². The lowest BCUT2D eigenvalue weighted by Gasteiger charge is -2.17. The van der Waals surface area contributed by atoms with Gasteiger partial charge >= 0.3 is 5.97 Å². The van der Waals surface area contributed by atoms with Gasteiger partial charge in [-0.1, -0.05) is 32.9 Å². The maximum absolute atomic E-state index is 11.9. The second-order valence-electron chi connectivity index (χ2n) is 5.27. The summed E-state index contributed by atoms with van der Waals surface area (Å²) in [6, 6.07) is 0. The first-order valence-corrected chi connectivity index (χ1v) is 7.29. The highest BCUT2D eigenvalue weighted by atomic mass is 16.5. The number of hydrogen-bond acceptors (Lipinski definition) is 5. The fraction of sp³-hybridized carbons (Fsp3) is 0.786. The molecular weight excluding hydrogens is 256 g/mol. The first kappa shape index (κ1) is 16.6. The van der Waals surface area contributed by atoms with Crippen molar-refractivity contribution < 1.29 is 9.53 Å². The van der Waals surface area contributed by atoms with E-state index in [2.05, 4.69) is 29.1 Å². The molecule has 6 nitrogen and oxygen atoms in total. The van der Waals surface area contributed by atoms with E-state index < -0.39 is 0 Å². The van der Waals surface area contributed by atoms with Crippen molar-refractivity contribution in [3.05, 3.63) is 11.4 Å². The lowest BCUT2D eigenvalue weighted by molar-refractivity contribution is 0.0451. The van der Waals surface area contributed by atoms with Crippen LogP contribution in [0.25, 0.3) is 0 Å². The third-order valence-electron chi connectivity index (χ3n) is 3.25. The topological polar surface area (TPSA) is 60.2 Å². The van der Waals surface area contributed by atoms with Crippen molar-refractivity contribution in [2.75, 3.05) is 26.2 Å². The number of carbonyl (C=O) groups excluding carboxylic acids is 1. The SMILES string of the molecule is CCN(CC)CCn1nnc(C(=O)OCC(C)C)c1C. The van der Waals surface area contributed by atoms with Crippen LogP contribution >= 0.6 is 0 Å². The molecule has 1 aromatic rings. The Morgan fingerprint density at radius 3 is 2.55 bits per heavy atom. The highest BCUT2D eigenvalue weighted by Gasteiger charge is 2.18. The van der Waals surface area contributed by atoms with Crippen molar-refractivity contribution in [3.8, 4) is 0 Å². The average molecular weight is 282 g/mol. The highest BCUT2D eigenvalue weighted by molar-refractivity contribution is 5.88. The summed E-state index contributed by atoms with van der Waals surface area (Å²) in [7, 11) is 0. The van der Waals surface area contributed by atoms with Crippen LogP contribution in [0.5, 0.6) is 0 Å². The van der Waals surface area contributed by atoms with E-state index >= 15 is 0 Å². The van der Waals surface area contributed by atoms with E-state index in [1.54, 1.807) is 4.68 Å². The van der Waals surface area contributed by atoms with Crippen LogP contribution in [0.2, 0.25) is 0 Å². The number of esters is 1. The maximum atomic E-state index is 11.9. The van der Waals surface area contributed by atoms with E-state index in [9.17, 15) is 4.79 Å². The van der Waals surface area contributed by atoms with Crippen LogP contribution in [0.15, 0.2) is 0 Å². The molecule has 0 atom stereocenters. The first-order valence-electron chi connectivity index (χ1n) is 7.29. The molecule has 0 aliphatic heterocycles. The Hall–Kier alpha value is -1.43. The van der Waals surface area contributed by atoms with Gasteiger partial charge in [0.1, 0.15) is 0 Å². The number of nitrogens with zero attached hydrogens (tertiary/aromatic N) is 4. The van der Waals surface area contributed by atoms with Gasteiger partial charge in [0.25, 0.3) is 0 Å². The van der Waals surface area contributed by atoms with Crippen molar-refractivity contribution in [1.29, 1.82) is 0 Å². The molecule has 114 valence electrons. The number of aromatic nitrogens is 3. The predicted molar refractivity (Wildman–Crippen MR) is 77.7 cm³/mol. The molecule has 20 heavy (non-hydrogen) atoms. The summed E-state index contributed by atoms with van der Waals surface area (Å²) in [5, 5.41) is 7.99. The Morgan fingerprint density at radius 2 is 2.00 bits per heavy atom. The number of likely N-dealkylation sites (N-methyl/N-ethyl adjacent to an activating group) is 1. The van der Waals surface area contributed by atoms with E-state index in [1.165, 1.54) is 0 Å². The molecule has 0 bridgehead atoms. The van der Waals surface area contributed by atoms with Gasteiger partial charge in [0.05, 0.1) is 18.8 Å². The van der Waals surface area contributed by atoms with E-state index in [1.807, 2.05) is 20.8 Å². The molecule has 1 rings (SSSR count). The Morgan fingerprint density at radius 1 is 1.35 bits per heavy atom. The van der Waals surface area contributed by atoms with Crippen molar-refractivity contribution in [2.45, 2.75) is 41.2 Å². The normalized spacial score (nSPS) is 11.3. The molecule has 0 aliphatic rings. The molecular formula is C14H26N4O2. The maximum Gasteiger partial charge on any atom is 0.360 e. The molecule has 0 amide bonds. The van der Waals surface area contributed by atoms with E-state index in [0.29, 0.717) is 18.2 Å². The molecule has 0 N–H and O–H groups in total. The molecule has 0 aromatic carbocycles. The summed E-state index contributed by atoms with van der Waals surface area (Å²) in [5.74, 6) is -0.0674. The van der Waals surface area contributed by atoms with Crippen molar-refractivity contribution in [3.63, 3.8) is 0 Å². The van der Waals surface area contributed by atoms with Crippen LogP contribution in [0.1, 0.15) is 43.9 Å². The Kier molecular flexibility index (Phi) is 6.64. The van der Waals surface area contributed by atoms with Crippen LogP contribution < -0.4 is 0 Å². The number of carbonyl (C=O) groups is 1. The zero-order valence-corrected chi connectivity index (χ0v) is 13.2. The van der Waals surface area contributed by atoms with Gasteiger partial charge in [-0.25, -0.2) is 9.48 Å². The number of rotatable bonds is 8. The van der Waals surface area contributed by atoms with Crippen molar-refractivity contribution in [2.24, 2.45) is 5.92 Å². The Labute approximate surface area is 121 Å². The van der Waals surface area contributed by atoms with Gasteiger partial charge in [-0.15, -0.1) is 5.10 Å². The van der Waals surface area contributed by atoms with Crippen LogP contribution in [-0.4, -0.2) is 52.1 Å². The summed E-state index contributed by atoms with van der Waals surface area (Å²) < 4.78 is 6.95. The quantitative estimate of drug-likeness (QED) is 0.680. The molecule has 0 unspecified atom stereocenters. The van der Waals surface area contributed by atoms with Crippen LogP contribution in [0, 0.1) is 12.8 Å². The molecule has 0 fully saturated rings. The zero-order valence-electron chi connectivity index (χ0n) is 13.2. The summed E-state index contributed by atoms with van der Waals surface area (Å²) in [6.07, 6.45) is 0. The standard InChI is InChI=1S/C14H26N4O2/c1-6-17(7-2)8-9-18-12(5)13(15-16-18)14(19)20-10-11(3)4/h11H,6-10H2,1-5H3. The molecule has 0 saturated heterocycles. The molecule has 0 radical (unpaired) electrons. The fourth-order valence-corrected chi connectivity index (χ4v) is 1.85. The second-order valence-corrected chi connectivity index (χ2v) is 5.27.